The number of methoxy groups -OCH3 is 1. The highest BCUT2D eigenvalue weighted by molar-refractivity contribution is 7.85. The Kier molecular flexibility index (Phi) is 9.35. The topological polar surface area (TPSA) is 38.3 Å². The minimum absolute atomic E-state index is 0.364. The maximum absolute atomic E-state index is 11.7. The summed E-state index contributed by atoms with van der Waals surface area (Å²) in [5, 5.41) is 3.44. The van der Waals surface area contributed by atoms with E-state index in [1.807, 2.05) is 0 Å². The Balaban J connectivity index is 3.87. The summed E-state index contributed by atoms with van der Waals surface area (Å²) in [5.41, 5.74) is 0. The summed E-state index contributed by atoms with van der Waals surface area (Å²) in [7, 11) is 0.884. The molecule has 0 radical (unpaired) electrons. The zero-order valence-electron chi connectivity index (χ0n) is 10.4. The van der Waals surface area contributed by atoms with Gasteiger partial charge in [0.25, 0.3) is 0 Å². The van der Waals surface area contributed by atoms with Crippen molar-refractivity contribution in [2.75, 3.05) is 31.8 Å². The van der Waals surface area contributed by atoms with E-state index < -0.39 is 10.8 Å². The van der Waals surface area contributed by atoms with Crippen LogP contribution in [-0.2, 0) is 15.5 Å². The molecule has 0 aromatic heterocycles. The molecule has 0 aliphatic carbocycles. The van der Waals surface area contributed by atoms with Crippen molar-refractivity contribution in [3.8, 4) is 0 Å². The predicted octanol–water partition coefficient (Wildman–Crippen LogP) is 1.41. The number of hydrogen-bond acceptors (Lipinski definition) is 3. The van der Waals surface area contributed by atoms with Gasteiger partial charge in [-0.05, 0) is 18.9 Å². The Hall–Kier alpha value is 0.0700. The Morgan fingerprint density at radius 2 is 2.07 bits per heavy atom. The third kappa shape index (κ3) is 7.94. The lowest BCUT2D eigenvalue weighted by Crippen LogP contribution is -2.39. The van der Waals surface area contributed by atoms with Gasteiger partial charge in [0.05, 0.1) is 6.61 Å². The van der Waals surface area contributed by atoms with Crippen LogP contribution in [0.4, 0.5) is 0 Å². The van der Waals surface area contributed by atoms with Gasteiger partial charge in [-0.1, -0.05) is 20.8 Å². The van der Waals surface area contributed by atoms with E-state index in [0.717, 1.165) is 18.7 Å². The molecule has 92 valence electrons. The largest absolute Gasteiger partial charge is 0.384 e. The zero-order chi connectivity index (χ0) is 11.7. The van der Waals surface area contributed by atoms with Gasteiger partial charge in [-0.15, -0.1) is 0 Å². The lowest BCUT2D eigenvalue weighted by molar-refractivity contribution is 0.218. The molecule has 0 aliphatic rings. The summed E-state index contributed by atoms with van der Waals surface area (Å²) in [4.78, 5) is 0. The van der Waals surface area contributed by atoms with E-state index in [2.05, 4.69) is 26.1 Å². The summed E-state index contributed by atoms with van der Waals surface area (Å²) >= 11 is 0. The molecule has 0 heterocycles. The van der Waals surface area contributed by atoms with Crippen LogP contribution in [0.25, 0.3) is 0 Å². The smallest absolute Gasteiger partial charge is 0.0577 e. The van der Waals surface area contributed by atoms with Crippen LogP contribution in [0.3, 0.4) is 0 Å². The fourth-order valence-electron chi connectivity index (χ4n) is 1.28. The van der Waals surface area contributed by atoms with Crippen LogP contribution >= 0.6 is 0 Å². The lowest BCUT2D eigenvalue weighted by atomic mass is 10.1. The van der Waals surface area contributed by atoms with Crippen LogP contribution in [0, 0.1) is 5.92 Å². The molecule has 0 saturated heterocycles. The number of rotatable bonds is 9. The van der Waals surface area contributed by atoms with E-state index in [-0.39, 0.29) is 0 Å². The van der Waals surface area contributed by atoms with E-state index in [4.69, 9.17) is 4.74 Å². The summed E-state index contributed by atoms with van der Waals surface area (Å²) in [6.45, 7) is 8.07. The first kappa shape index (κ1) is 15.1. The van der Waals surface area contributed by atoms with Gasteiger partial charge in [0.1, 0.15) is 0 Å². The molecule has 4 heteroatoms. The molecule has 0 bridgehead atoms. The van der Waals surface area contributed by atoms with Gasteiger partial charge in [-0.3, -0.25) is 4.21 Å². The molecular formula is C11H25NO2S. The standard InChI is InChI=1S/C11H25NO2S/c1-5-6-12-11(10(2)3)9-15(13)8-7-14-4/h10-12H,5-9H2,1-4H3. The molecule has 0 aromatic carbocycles. The molecule has 0 saturated carbocycles. The van der Waals surface area contributed by atoms with Crippen molar-refractivity contribution in [3.63, 3.8) is 0 Å². The molecule has 0 rings (SSSR count). The highest BCUT2D eigenvalue weighted by atomic mass is 32.2. The molecule has 2 atom stereocenters. The van der Waals surface area contributed by atoms with Crippen molar-refractivity contribution in [2.45, 2.75) is 33.2 Å². The molecular weight excluding hydrogens is 210 g/mol. The van der Waals surface area contributed by atoms with Crippen molar-refractivity contribution < 1.29 is 8.95 Å². The predicted molar refractivity (Wildman–Crippen MR) is 66.7 cm³/mol. The van der Waals surface area contributed by atoms with Gasteiger partial charge in [0.2, 0.25) is 0 Å². The van der Waals surface area contributed by atoms with Crippen molar-refractivity contribution >= 4 is 10.8 Å². The van der Waals surface area contributed by atoms with Crippen LogP contribution in [0.5, 0.6) is 0 Å². The average molecular weight is 235 g/mol. The van der Waals surface area contributed by atoms with Gasteiger partial charge in [0.15, 0.2) is 0 Å². The molecule has 0 aliphatic heterocycles. The Labute approximate surface area is 96.4 Å². The van der Waals surface area contributed by atoms with E-state index in [1.54, 1.807) is 7.11 Å². The van der Waals surface area contributed by atoms with Crippen LogP contribution in [0.2, 0.25) is 0 Å². The van der Waals surface area contributed by atoms with E-state index in [9.17, 15) is 4.21 Å². The zero-order valence-corrected chi connectivity index (χ0v) is 11.2. The van der Waals surface area contributed by atoms with E-state index in [0.29, 0.717) is 24.3 Å². The molecule has 0 amide bonds. The first-order valence-corrected chi connectivity index (χ1v) is 7.17. The number of nitrogens with one attached hydrogen (secondary N) is 1. The third-order valence-corrected chi connectivity index (χ3v) is 3.69. The second kappa shape index (κ2) is 9.31. The third-order valence-electron chi connectivity index (χ3n) is 2.34. The molecule has 2 unspecified atom stereocenters. The highest BCUT2D eigenvalue weighted by Gasteiger charge is 2.15. The fraction of sp³-hybridized carbons (Fsp3) is 1.00. The minimum Gasteiger partial charge on any atom is -0.384 e. The molecule has 1 N–H and O–H groups in total. The van der Waals surface area contributed by atoms with E-state index >= 15 is 0 Å². The Morgan fingerprint density at radius 1 is 1.40 bits per heavy atom. The van der Waals surface area contributed by atoms with Gasteiger partial charge >= 0.3 is 0 Å². The normalized spacial score (nSPS) is 15.5. The summed E-state index contributed by atoms with van der Waals surface area (Å²) in [6.07, 6.45) is 1.12. The summed E-state index contributed by atoms with van der Waals surface area (Å²) < 4.78 is 16.6. The van der Waals surface area contributed by atoms with Crippen LogP contribution in [0.15, 0.2) is 0 Å². The van der Waals surface area contributed by atoms with Gasteiger partial charge in [-0.25, -0.2) is 0 Å². The SMILES string of the molecule is CCCNC(CS(=O)CCOC)C(C)C. The lowest BCUT2D eigenvalue weighted by Gasteiger charge is -2.21. The molecule has 0 aromatic rings. The fourth-order valence-corrected chi connectivity index (χ4v) is 2.70. The summed E-state index contributed by atoms with van der Waals surface area (Å²) in [5.74, 6) is 1.91. The second-order valence-electron chi connectivity index (χ2n) is 4.11. The first-order chi connectivity index (χ1) is 7.11. The van der Waals surface area contributed by atoms with Crippen molar-refractivity contribution in [1.82, 2.24) is 5.32 Å². The number of ether oxygens (including phenoxy) is 1. The average Bonchev–Trinajstić information content (AvgIpc) is 2.20. The van der Waals surface area contributed by atoms with Crippen LogP contribution in [-0.4, -0.2) is 42.0 Å². The molecule has 0 spiro atoms. The molecule has 0 fully saturated rings. The summed E-state index contributed by atoms with van der Waals surface area (Å²) in [6, 6.07) is 0.364. The minimum atomic E-state index is -0.762. The molecule has 15 heavy (non-hydrogen) atoms. The van der Waals surface area contributed by atoms with Crippen molar-refractivity contribution in [3.05, 3.63) is 0 Å². The second-order valence-corrected chi connectivity index (χ2v) is 5.73. The number of hydrogen-bond donors (Lipinski definition) is 1. The monoisotopic (exact) mass is 235 g/mol. The quantitative estimate of drug-likeness (QED) is 0.656. The van der Waals surface area contributed by atoms with Gasteiger partial charge < -0.3 is 10.1 Å². The van der Waals surface area contributed by atoms with Crippen LogP contribution in [0.1, 0.15) is 27.2 Å². The van der Waals surface area contributed by atoms with Gasteiger partial charge in [0, 0.05) is 35.5 Å². The molecule has 3 nitrogen and oxygen atoms in total. The Morgan fingerprint density at radius 3 is 2.53 bits per heavy atom. The van der Waals surface area contributed by atoms with Crippen molar-refractivity contribution in [2.24, 2.45) is 5.92 Å². The maximum Gasteiger partial charge on any atom is 0.0577 e. The van der Waals surface area contributed by atoms with E-state index in [1.165, 1.54) is 0 Å². The van der Waals surface area contributed by atoms with Crippen molar-refractivity contribution in [1.29, 1.82) is 0 Å². The van der Waals surface area contributed by atoms with Crippen LogP contribution < -0.4 is 5.32 Å². The highest BCUT2D eigenvalue weighted by Crippen LogP contribution is 2.04. The maximum atomic E-state index is 11.7. The van der Waals surface area contributed by atoms with Gasteiger partial charge in [-0.2, -0.15) is 0 Å². The first-order valence-electron chi connectivity index (χ1n) is 5.69. The Bertz CT molecular complexity index is 174.